The number of nitrogens with zero attached hydrogens (tertiary/aromatic N) is 1. The van der Waals surface area contributed by atoms with Gasteiger partial charge in [0, 0.05) is 17.8 Å². The first kappa shape index (κ1) is 25.5. The highest BCUT2D eigenvalue weighted by molar-refractivity contribution is 8.01. The monoisotopic (exact) mass is 457 g/mol. The highest BCUT2D eigenvalue weighted by atomic mass is 32.2. The number of hydrogen-bond donors (Lipinski definition) is 2. The minimum Gasteiger partial charge on any atom is -0.427 e. The van der Waals surface area contributed by atoms with Gasteiger partial charge in [0.1, 0.15) is 12.1 Å². The second-order valence-electron chi connectivity index (χ2n) is 9.51. The van der Waals surface area contributed by atoms with E-state index in [0.717, 1.165) is 25.7 Å². The number of nitrogens with one attached hydrogen (secondary N) is 2. The molecular weight excluding hydrogens is 422 g/mol. The van der Waals surface area contributed by atoms with Crippen molar-refractivity contribution in [3.8, 4) is 0 Å². The third-order valence-corrected chi connectivity index (χ3v) is 6.94. The Hall–Kier alpha value is -1.81. The summed E-state index contributed by atoms with van der Waals surface area (Å²) in [5.41, 5.74) is -0.695. The fourth-order valence-corrected chi connectivity index (χ4v) is 5.09. The number of carbonyl (C=O) groups excluding carboxylic acids is 4. The van der Waals surface area contributed by atoms with Gasteiger partial charge in [0.05, 0.1) is 10.8 Å². The number of amides is 2. The third kappa shape index (κ3) is 6.83. The topological polar surface area (TPSA) is 114 Å². The fourth-order valence-electron chi connectivity index (χ4n) is 3.60. The Bertz CT molecular complexity index is 671. The summed E-state index contributed by atoms with van der Waals surface area (Å²) < 4.78 is 9.58. The third-order valence-electron chi connectivity index (χ3n) is 5.43. The van der Waals surface area contributed by atoms with Crippen molar-refractivity contribution in [2.75, 3.05) is 19.9 Å². The molecule has 0 aliphatic carbocycles. The first-order chi connectivity index (χ1) is 14.5. The summed E-state index contributed by atoms with van der Waals surface area (Å²) in [7, 11) is 0. The second kappa shape index (κ2) is 10.7. The smallest absolute Gasteiger partial charge is 0.327 e. The predicted molar refractivity (Wildman–Crippen MR) is 117 cm³/mol. The van der Waals surface area contributed by atoms with E-state index in [1.165, 1.54) is 11.8 Å². The van der Waals surface area contributed by atoms with Crippen LogP contribution in [-0.2, 0) is 28.7 Å². The molecule has 2 amide bonds. The number of hydrogen-bond acceptors (Lipinski definition) is 8. The Labute approximate surface area is 188 Å². The van der Waals surface area contributed by atoms with Crippen LogP contribution in [0.3, 0.4) is 0 Å². The van der Waals surface area contributed by atoms with Gasteiger partial charge < -0.3 is 19.7 Å². The van der Waals surface area contributed by atoms with E-state index in [-0.39, 0.29) is 5.91 Å². The van der Waals surface area contributed by atoms with Gasteiger partial charge in [-0.2, -0.15) is 0 Å². The Kier molecular flexibility index (Phi) is 8.76. The minimum absolute atomic E-state index is 0.150. The van der Waals surface area contributed by atoms with Gasteiger partial charge in [-0.25, -0.2) is 0 Å². The van der Waals surface area contributed by atoms with E-state index in [2.05, 4.69) is 10.6 Å². The van der Waals surface area contributed by atoms with E-state index in [9.17, 15) is 19.2 Å². The zero-order chi connectivity index (χ0) is 23.2. The lowest BCUT2D eigenvalue weighted by Gasteiger charge is -2.29. The lowest BCUT2D eigenvalue weighted by molar-refractivity contribution is -0.174. The largest absolute Gasteiger partial charge is 0.427 e. The summed E-state index contributed by atoms with van der Waals surface area (Å²) in [6.45, 7) is 9.73. The summed E-state index contributed by atoms with van der Waals surface area (Å²) in [6.07, 6.45) is 4.59. The maximum atomic E-state index is 13.1. The number of rotatable bonds is 7. The second-order valence-corrected chi connectivity index (χ2v) is 11.3. The first-order valence-electron chi connectivity index (χ1n) is 10.7. The summed E-state index contributed by atoms with van der Waals surface area (Å²) in [6, 6.07) is -1.53. The molecule has 0 saturated carbocycles. The number of esters is 2. The Morgan fingerprint density at radius 1 is 1.16 bits per heavy atom. The molecule has 0 spiro atoms. The van der Waals surface area contributed by atoms with Crippen LogP contribution in [0.25, 0.3) is 0 Å². The van der Waals surface area contributed by atoms with Crippen molar-refractivity contribution >= 4 is 36.0 Å². The van der Waals surface area contributed by atoms with Crippen molar-refractivity contribution in [3.05, 3.63) is 0 Å². The highest BCUT2D eigenvalue weighted by Gasteiger charge is 2.50. The quantitative estimate of drug-likeness (QED) is 0.335. The molecule has 0 aromatic carbocycles. The Balaban J connectivity index is 2.02. The molecule has 2 N–H and O–H groups in total. The molecule has 9 nitrogen and oxygen atoms in total. The van der Waals surface area contributed by atoms with E-state index in [4.69, 9.17) is 9.47 Å². The van der Waals surface area contributed by atoms with Crippen molar-refractivity contribution in [3.63, 3.8) is 0 Å². The molecule has 0 radical (unpaired) electrons. The average Bonchev–Trinajstić information content (AvgIpc) is 2.86. The molecule has 2 heterocycles. The molecule has 2 fully saturated rings. The van der Waals surface area contributed by atoms with Gasteiger partial charge >= 0.3 is 11.9 Å². The molecule has 10 heteroatoms. The Morgan fingerprint density at radius 3 is 2.32 bits per heavy atom. The highest BCUT2D eigenvalue weighted by Crippen LogP contribution is 2.40. The van der Waals surface area contributed by atoms with Crippen molar-refractivity contribution in [1.82, 2.24) is 15.5 Å². The normalized spacial score (nSPS) is 24.6. The van der Waals surface area contributed by atoms with Gasteiger partial charge in [-0.15, -0.1) is 11.8 Å². The van der Waals surface area contributed by atoms with E-state index >= 15 is 0 Å². The van der Waals surface area contributed by atoms with Crippen molar-refractivity contribution in [2.24, 2.45) is 5.41 Å². The van der Waals surface area contributed by atoms with Crippen LogP contribution in [0.4, 0.5) is 0 Å². The van der Waals surface area contributed by atoms with Crippen molar-refractivity contribution < 1.29 is 28.7 Å². The van der Waals surface area contributed by atoms with Crippen LogP contribution in [-0.4, -0.2) is 71.2 Å². The maximum absolute atomic E-state index is 13.1. The van der Waals surface area contributed by atoms with Crippen LogP contribution in [0, 0.1) is 5.41 Å². The number of likely N-dealkylation sites (tertiary alicyclic amines) is 1. The number of carbonyl (C=O) groups is 4. The van der Waals surface area contributed by atoms with Gasteiger partial charge in [-0.3, -0.25) is 24.5 Å². The molecule has 0 aromatic rings. The fraction of sp³-hybridized carbons (Fsp3) is 0.810. The van der Waals surface area contributed by atoms with Crippen LogP contribution in [0.5, 0.6) is 0 Å². The molecule has 2 saturated heterocycles. The number of thioether (sulfide) groups is 1. The summed E-state index contributed by atoms with van der Waals surface area (Å²) in [5.74, 6) is -1.19. The van der Waals surface area contributed by atoms with Gasteiger partial charge in [-0.05, 0) is 47.5 Å². The molecule has 0 aromatic heterocycles. The molecule has 2 aliphatic rings. The summed E-state index contributed by atoms with van der Waals surface area (Å²) in [5, 5.41) is 5.29. The maximum Gasteiger partial charge on any atom is 0.327 e. The lowest BCUT2D eigenvalue weighted by Crippen LogP contribution is -2.56. The molecule has 176 valence electrons. The molecule has 0 bridgehead atoms. The van der Waals surface area contributed by atoms with E-state index in [1.54, 1.807) is 25.7 Å². The van der Waals surface area contributed by atoms with Crippen LogP contribution in [0.2, 0.25) is 0 Å². The van der Waals surface area contributed by atoms with Crippen molar-refractivity contribution in [2.45, 2.75) is 82.5 Å². The van der Waals surface area contributed by atoms with Crippen LogP contribution in [0.1, 0.15) is 60.3 Å². The molecule has 31 heavy (non-hydrogen) atoms. The average molecular weight is 458 g/mol. The first-order valence-corrected chi connectivity index (χ1v) is 11.6. The lowest BCUT2D eigenvalue weighted by atomic mass is 9.98. The van der Waals surface area contributed by atoms with Crippen molar-refractivity contribution in [1.29, 1.82) is 0 Å². The minimum atomic E-state index is -0.795. The van der Waals surface area contributed by atoms with Gasteiger partial charge in [0.2, 0.25) is 19.1 Å². The van der Waals surface area contributed by atoms with Gasteiger partial charge in [0.15, 0.2) is 0 Å². The van der Waals surface area contributed by atoms with Gasteiger partial charge in [0.25, 0.3) is 0 Å². The Morgan fingerprint density at radius 2 is 1.77 bits per heavy atom. The molecule has 2 unspecified atom stereocenters. The van der Waals surface area contributed by atoms with Gasteiger partial charge in [-0.1, -0.05) is 12.8 Å². The summed E-state index contributed by atoms with van der Waals surface area (Å²) >= 11 is 1.41. The van der Waals surface area contributed by atoms with Crippen LogP contribution < -0.4 is 10.6 Å². The van der Waals surface area contributed by atoms with Crippen LogP contribution >= 0.6 is 11.8 Å². The molecular formula is C21H35N3O6S. The molecule has 2 rings (SSSR count). The molecule has 2 aliphatic heterocycles. The summed E-state index contributed by atoms with van der Waals surface area (Å²) in [4.78, 5) is 50.7. The zero-order valence-electron chi connectivity index (χ0n) is 19.1. The van der Waals surface area contributed by atoms with E-state index in [0.29, 0.717) is 19.5 Å². The predicted octanol–water partition coefficient (Wildman–Crippen LogP) is 1.40. The van der Waals surface area contributed by atoms with E-state index in [1.807, 2.05) is 13.8 Å². The number of ether oxygens (including phenoxy) is 2. The zero-order valence-corrected chi connectivity index (χ0v) is 19.9. The SMILES string of the molecule is CC(C)(C)C(=O)OCOC(=O)[C@@H]1NC(C(NC=O)C(=O)N2CCCCCC2)SC1(C)C. The molecule has 3 atom stereocenters. The van der Waals surface area contributed by atoms with Crippen LogP contribution in [0.15, 0.2) is 0 Å². The standard InChI is InChI=1S/C21H35N3O6S/c1-20(2,3)19(28)30-13-29-18(27)15-21(4,5)31-16(23-15)14(22-12-25)17(26)24-10-8-6-7-9-11-24/h12,14-16,23H,6-11,13H2,1-5H3,(H,22,25)/t14?,15-,16?/m0/s1. The van der Waals surface area contributed by atoms with E-state index < -0.39 is 46.4 Å².